The minimum Gasteiger partial charge on any atom is -0.320 e. The Balaban J connectivity index is 1.33. The normalized spacial score (nSPS) is 20.6. The fourth-order valence-corrected chi connectivity index (χ4v) is 10.5. The van der Waals surface area contributed by atoms with Gasteiger partial charge in [-0.2, -0.15) is 0 Å². The van der Waals surface area contributed by atoms with Gasteiger partial charge in [0.2, 0.25) is 0 Å². The van der Waals surface area contributed by atoms with Gasteiger partial charge in [-0.05, 0) is 117 Å². The van der Waals surface area contributed by atoms with Gasteiger partial charge < -0.3 is 8.97 Å². The van der Waals surface area contributed by atoms with Crippen LogP contribution in [-0.2, 0) is 39.3 Å². The van der Waals surface area contributed by atoms with E-state index in [9.17, 15) is 39.4 Å². The molecule has 3 heterocycles. The first kappa shape index (κ1) is 53.5. The number of para-hydroxylation sites is 2. The van der Waals surface area contributed by atoms with Crippen LogP contribution in [0.5, 0.6) is 0 Å². The van der Waals surface area contributed by atoms with Crippen molar-refractivity contribution in [1.82, 2.24) is 18.3 Å². The number of benzene rings is 2. The van der Waals surface area contributed by atoms with Gasteiger partial charge in [-0.3, -0.25) is 48.1 Å². The average molecular weight is 943 g/mol. The van der Waals surface area contributed by atoms with Crippen LogP contribution < -0.4 is 22.5 Å². The standard InChI is InChI=1S/C52H78N8O8/c1-5-59(41-45-27-15-17-29-47(45)57(65)66)35-23-11-7-19-31-53-43(3)39-49(61)55(51(53)63)33-21-9-13-25-37-60(6-2,42-46-28-16-18-30-48(46)58(67)68)38-26-14-10-22-34-56-50(62)40-44(4)54(52(56)64)32-20-8-12-24-36-59/h15-18,27-30,39-40H,5-14,19-26,31-38,41-42H2,1-4H3/q+2. The van der Waals surface area contributed by atoms with Crippen LogP contribution in [-0.4, -0.2) is 76.3 Å². The maximum atomic E-state index is 13.7. The lowest BCUT2D eigenvalue weighted by molar-refractivity contribution is -0.939. The van der Waals surface area contributed by atoms with E-state index in [1.54, 1.807) is 45.5 Å². The highest BCUT2D eigenvalue weighted by molar-refractivity contribution is 5.40. The van der Waals surface area contributed by atoms with Crippen LogP contribution in [0.4, 0.5) is 11.4 Å². The van der Waals surface area contributed by atoms with E-state index in [4.69, 9.17) is 0 Å². The van der Waals surface area contributed by atoms with Gasteiger partial charge >= 0.3 is 11.4 Å². The van der Waals surface area contributed by atoms with Crippen molar-refractivity contribution >= 4 is 11.4 Å². The topological polar surface area (TPSA) is 174 Å². The zero-order valence-electron chi connectivity index (χ0n) is 41.4. The lowest BCUT2D eigenvalue weighted by Crippen LogP contribution is -2.48. The Bertz CT molecular complexity index is 2420. The molecule has 0 amide bonds. The van der Waals surface area contributed by atoms with Crippen LogP contribution in [0, 0.1) is 34.1 Å². The number of rotatable bonds is 8. The van der Waals surface area contributed by atoms with Gasteiger partial charge in [0.05, 0.1) is 60.2 Å². The molecule has 16 nitrogen and oxygen atoms in total. The molecular weight excluding hydrogens is 865 g/mol. The predicted molar refractivity (Wildman–Crippen MR) is 268 cm³/mol. The third-order valence-corrected chi connectivity index (χ3v) is 14.8. The number of fused-ring (bicyclic) bond motifs is 4. The molecule has 0 N–H and O–H groups in total. The maximum absolute atomic E-state index is 13.7. The van der Waals surface area contributed by atoms with Gasteiger partial charge in [-0.25, -0.2) is 9.59 Å². The first-order valence-corrected chi connectivity index (χ1v) is 25.5. The highest BCUT2D eigenvalue weighted by Gasteiger charge is 2.30. The Morgan fingerprint density at radius 3 is 1.06 bits per heavy atom. The summed E-state index contributed by atoms with van der Waals surface area (Å²) in [6.07, 6.45) is 13.8. The van der Waals surface area contributed by atoms with Crippen molar-refractivity contribution in [1.29, 1.82) is 0 Å². The molecule has 0 fully saturated rings. The van der Waals surface area contributed by atoms with E-state index < -0.39 is 0 Å². The second-order valence-electron chi connectivity index (χ2n) is 19.4. The molecule has 5 rings (SSSR count). The highest BCUT2D eigenvalue weighted by atomic mass is 16.6. The molecule has 0 saturated heterocycles. The molecule has 2 aromatic carbocycles. The Morgan fingerprint density at radius 2 is 0.750 bits per heavy atom. The zero-order chi connectivity index (χ0) is 49.1. The van der Waals surface area contributed by atoms with Gasteiger partial charge in [0.15, 0.2) is 0 Å². The predicted octanol–water partition coefficient (Wildman–Crippen LogP) is 8.80. The van der Waals surface area contributed by atoms with Crippen molar-refractivity contribution in [3.63, 3.8) is 0 Å². The van der Waals surface area contributed by atoms with Gasteiger partial charge in [0.1, 0.15) is 13.1 Å². The van der Waals surface area contributed by atoms with Gasteiger partial charge in [-0.15, -0.1) is 0 Å². The van der Waals surface area contributed by atoms with Crippen LogP contribution in [0.15, 0.2) is 79.8 Å². The number of nitro groups is 2. The van der Waals surface area contributed by atoms with E-state index in [1.807, 2.05) is 38.1 Å². The summed E-state index contributed by atoms with van der Waals surface area (Å²) >= 11 is 0. The molecule has 0 atom stereocenters. The van der Waals surface area contributed by atoms with Crippen molar-refractivity contribution in [3.8, 4) is 0 Å². The second kappa shape index (κ2) is 26.3. The number of aryl methyl sites for hydroxylation is 2. The van der Waals surface area contributed by atoms with Crippen molar-refractivity contribution < 1.29 is 18.8 Å². The summed E-state index contributed by atoms with van der Waals surface area (Å²) in [7, 11) is 0. The van der Waals surface area contributed by atoms with E-state index in [1.165, 1.54) is 9.13 Å². The molecule has 0 aliphatic carbocycles. The number of hydrogen-bond acceptors (Lipinski definition) is 8. The molecule has 372 valence electrons. The van der Waals surface area contributed by atoms with Crippen molar-refractivity contribution in [2.24, 2.45) is 0 Å². The summed E-state index contributed by atoms with van der Waals surface area (Å²) in [6, 6.07) is 17.2. The Morgan fingerprint density at radius 1 is 0.456 bits per heavy atom. The summed E-state index contributed by atoms with van der Waals surface area (Å²) < 4.78 is 7.64. The van der Waals surface area contributed by atoms with E-state index in [0.29, 0.717) is 68.0 Å². The zero-order valence-corrected chi connectivity index (χ0v) is 41.4. The quantitative estimate of drug-likeness (QED) is 0.0957. The minimum atomic E-state index is -0.301. The number of aromatic nitrogens is 4. The number of hydrogen-bond donors (Lipinski definition) is 0. The van der Waals surface area contributed by atoms with Crippen LogP contribution in [0.3, 0.4) is 0 Å². The number of nitro benzene ring substituents is 2. The van der Waals surface area contributed by atoms with Crippen LogP contribution in [0.2, 0.25) is 0 Å². The molecule has 0 unspecified atom stereocenters. The molecule has 16 heteroatoms. The van der Waals surface area contributed by atoms with Gasteiger partial charge in [0, 0.05) is 61.8 Å². The highest BCUT2D eigenvalue weighted by Crippen LogP contribution is 2.27. The van der Waals surface area contributed by atoms with Gasteiger partial charge in [-0.1, -0.05) is 49.9 Å². The Kier molecular flexibility index (Phi) is 20.7. The van der Waals surface area contributed by atoms with Gasteiger partial charge in [0.25, 0.3) is 22.5 Å². The first-order chi connectivity index (χ1) is 32.7. The third-order valence-electron chi connectivity index (χ3n) is 14.8. The summed E-state index contributed by atoms with van der Waals surface area (Å²) in [4.78, 5) is 77.1. The summed E-state index contributed by atoms with van der Waals surface area (Å²) in [5.41, 5.74) is 2.00. The second-order valence-corrected chi connectivity index (χ2v) is 19.4. The summed E-state index contributed by atoms with van der Waals surface area (Å²) in [5.74, 6) is 0. The van der Waals surface area contributed by atoms with Crippen LogP contribution in [0.25, 0.3) is 0 Å². The SMILES string of the molecule is CC[N+]1(Cc2ccccc2[N+](=O)[O-])CCCCCCn2c(C)cc(=O)n(c2=O)CCCCCC[N+](CC)(Cc2ccccc2[N+](=O)[O-])CCCCCCn2c(=O)cc(C)n(c2=O)CCCCCC1. The van der Waals surface area contributed by atoms with Crippen molar-refractivity contribution in [3.05, 3.63) is 145 Å². The van der Waals surface area contributed by atoms with E-state index in [0.717, 1.165) is 145 Å². The largest absolute Gasteiger partial charge is 0.331 e. The van der Waals surface area contributed by atoms with E-state index >= 15 is 0 Å². The molecule has 2 aromatic heterocycles. The molecular formula is C52H78N8O8+2. The fourth-order valence-electron chi connectivity index (χ4n) is 10.5. The fraction of sp³-hybridized carbons (Fsp3) is 0.615. The van der Waals surface area contributed by atoms with E-state index in [2.05, 4.69) is 13.8 Å². The number of nitrogens with zero attached hydrogens (tertiary/aromatic N) is 8. The monoisotopic (exact) mass is 943 g/mol. The lowest BCUT2D eigenvalue weighted by Gasteiger charge is -2.38. The molecule has 0 radical (unpaired) electrons. The molecule has 68 heavy (non-hydrogen) atoms. The Labute approximate surface area is 401 Å². The van der Waals surface area contributed by atoms with Crippen molar-refractivity contribution in [2.75, 3.05) is 39.3 Å². The third kappa shape index (κ3) is 14.8. The number of quaternary nitrogens is 2. The molecule has 4 aromatic rings. The maximum Gasteiger partial charge on any atom is 0.331 e. The smallest absolute Gasteiger partial charge is 0.320 e. The summed E-state index contributed by atoms with van der Waals surface area (Å²) in [5, 5.41) is 24.1. The Hall–Kier alpha value is -5.48. The minimum absolute atomic E-state index is 0.134. The van der Waals surface area contributed by atoms with Crippen molar-refractivity contribution in [2.45, 2.75) is 170 Å². The van der Waals surface area contributed by atoms with E-state index in [-0.39, 0.29) is 43.7 Å². The summed E-state index contributed by atoms with van der Waals surface area (Å²) in [6.45, 7) is 15.9. The molecule has 0 saturated carbocycles. The lowest BCUT2D eigenvalue weighted by atomic mass is 10.1. The molecule has 1 aliphatic heterocycles. The average Bonchev–Trinajstić information content (AvgIpc) is 3.31. The van der Waals surface area contributed by atoms with Crippen LogP contribution >= 0.6 is 0 Å². The molecule has 4 bridgehead atoms. The molecule has 0 spiro atoms. The molecule has 1 aliphatic rings. The van der Waals surface area contributed by atoms with Crippen LogP contribution in [0.1, 0.15) is 139 Å². The first-order valence-electron chi connectivity index (χ1n) is 25.5.